The number of rotatable bonds is 18. The molecule has 0 amide bonds. The molecule has 0 unspecified atom stereocenters. The third-order valence-corrected chi connectivity index (χ3v) is 4.65. The first-order valence-corrected chi connectivity index (χ1v) is 10.7. The lowest BCUT2D eigenvalue weighted by Gasteiger charge is -2.04. The lowest BCUT2D eigenvalue weighted by atomic mass is 10.0. The number of carbonyl (C=O) groups excluding carboxylic acids is 1. The van der Waals surface area contributed by atoms with E-state index < -0.39 is 0 Å². The molecule has 0 aliphatic heterocycles. The van der Waals surface area contributed by atoms with Gasteiger partial charge in [0.05, 0.1) is 11.5 Å². The quantitative estimate of drug-likeness (QED) is 0.121. The smallest absolute Gasteiger partial charge is 0.343 e. The summed E-state index contributed by atoms with van der Waals surface area (Å²) >= 11 is 3.86. The van der Waals surface area contributed by atoms with Gasteiger partial charge in [0.1, 0.15) is 0 Å². The van der Waals surface area contributed by atoms with Crippen LogP contribution in [0.5, 0.6) is 0 Å². The number of unbranched alkanes of at least 4 members (excludes halogenated alkanes) is 15. The van der Waals surface area contributed by atoms with Gasteiger partial charge in [0.15, 0.2) is 0 Å². The van der Waals surface area contributed by atoms with E-state index in [2.05, 4.69) is 26.1 Å². The van der Waals surface area contributed by atoms with Gasteiger partial charge in [-0.2, -0.15) is 0 Å². The molecule has 0 bridgehead atoms. The third kappa shape index (κ3) is 17.9. The highest BCUT2D eigenvalue weighted by Gasteiger charge is 2.02. The van der Waals surface area contributed by atoms with E-state index in [1.54, 1.807) is 0 Å². The first kappa shape index (κ1) is 23.6. The maximum absolute atomic E-state index is 11.1. The Kier molecular flexibility index (Phi) is 18.5. The highest BCUT2D eigenvalue weighted by molar-refractivity contribution is 7.85. The molecule has 0 aromatic rings. The molecule has 0 saturated heterocycles. The van der Waals surface area contributed by atoms with Crippen molar-refractivity contribution in [3.8, 4) is 0 Å². The minimum absolute atomic E-state index is 0.187. The molecule has 0 spiro atoms. The van der Waals surface area contributed by atoms with Crippen LogP contribution in [0.25, 0.3) is 0 Å². The second-order valence-corrected chi connectivity index (χ2v) is 7.43. The van der Waals surface area contributed by atoms with E-state index >= 15 is 0 Å². The van der Waals surface area contributed by atoms with Gasteiger partial charge in [0, 0.05) is 0 Å². The second-order valence-electron chi connectivity index (χ2n) is 6.89. The van der Waals surface area contributed by atoms with Crippen molar-refractivity contribution in [3.05, 3.63) is 11.5 Å². The summed E-state index contributed by atoms with van der Waals surface area (Å²) < 4.78 is 5.01. The lowest BCUT2D eigenvalue weighted by Crippen LogP contribution is -2.04. The van der Waals surface area contributed by atoms with Crippen LogP contribution in [-0.4, -0.2) is 12.6 Å². The van der Waals surface area contributed by atoms with E-state index in [0.29, 0.717) is 6.61 Å². The number of esters is 1. The van der Waals surface area contributed by atoms with Gasteiger partial charge in [-0.15, -0.1) is 12.6 Å². The summed E-state index contributed by atoms with van der Waals surface area (Å²) in [4.78, 5) is 11.3. The first-order valence-electron chi connectivity index (χ1n) is 10.2. The number of hydrogen-bond donors (Lipinski definition) is 1. The number of thiol groups is 1. The molecular weight excluding hydrogens is 316 g/mol. The number of hydrogen-bond acceptors (Lipinski definition) is 3. The van der Waals surface area contributed by atoms with Crippen LogP contribution in [0.2, 0.25) is 0 Å². The second kappa shape index (κ2) is 18.9. The van der Waals surface area contributed by atoms with E-state index in [0.717, 1.165) is 12.8 Å². The Bertz CT molecular complexity index is 302. The summed E-state index contributed by atoms with van der Waals surface area (Å²) in [6.45, 7) is 6.21. The molecule has 2 nitrogen and oxygen atoms in total. The van der Waals surface area contributed by atoms with Gasteiger partial charge in [0.25, 0.3) is 0 Å². The molecule has 0 radical (unpaired) electrons. The van der Waals surface area contributed by atoms with Gasteiger partial charge in [0.2, 0.25) is 0 Å². The minimum atomic E-state index is -0.390. The monoisotopic (exact) mass is 356 g/mol. The summed E-state index contributed by atoms with van der Waals surface area (Å²) in [6, 6.07) is 0. The van der Waals surface area contributed by atoms with Crippen molar-refractivity contribution in [2.45, 2.75) is 110 Å². The lowest BCUT2D eigenvalue weighted by molar-refractivity contribution is -0.138. The van der Waals surface area contributed by atoms with Crippen LogP contribution >= 0.6 is 12.6 Å². The molecule has 0 aliphatic carbocycles. The average Bonchev–Trinajstić information content (AvgIpc) is 2.57. The fourth-order valence-electron chi connectivity index (χ4n) is 2.90. The van der Waals surface area contributed by atoms with Crippen LogP contribution in [-0.2, 0) is 9.53 Å². The van der Waals surface area contributed by atoms with Crippen LogP contribution < -0.4 is 0 Å². The molecule has 0 N–H and O–H groups in total. The molecule has 0 heterocycles. The molecular formula is C21H40O2S. The zero-order chi connectivity index (χ0) is 17.9. The van der Waals surface area contributed by atoms with Gasteiger partial charge >= 0.3 is 5.97 Å². The Morgan fingerprint density at radius 3 is 1.38 bits per heavy atom. The summed E-state index contributed by atoms with van der Waals surface area (Å²) in [5, 5.41) is 0. The normalized spacial score (nSPS) is 10.8. The molecule has 0 aromatic heterocycles. The predicted molar refractivity (Wildman–Crippen MR) is 109 cm³/mol. The maximum atomic E-state index is 11.1. The van der Waals surface area contributed by atoms with Crippen molar-refractivity contribution in [2.24, 2.45) is 0 Å². The van der Waals surface area contributed by atoms with Crippen LogP contribution in [0.15, 0.2) is 11.5 Å². The molecule has 0 saturated carbocycles. The van der Waals surface area contributed by atoms with Crippen molar-refractivity contribution < 1.29 is 9.53 Å². The molecule has 0 fully saturated rings. The Morgan fingerprint density at radius 2 is 1.04 bits per heavy atom. The van der Waals surface area contributed by atoms with E-state index in [9.17, 15) is 4.79 Å². The van der Waals surface area contributed by atoms with Crippen molar-refractivity contribution in [1.29, 1.82) is 0 Å². The molecule has 0 rings (SSSR count). The van der Waals surface area contributed by atoms with Crippen molar-refractivity contribution in [3.63, 3.8) is 0 Å². The zero-order valence-electron chi connectivity index (χ0n) is 16.0. The van der Waals surface area contributed by atoms with Crippen molar-refractivity contribution in [1.82, 2.24) is 0 Å². The van der Waals surface area contributed by atoms with Gasteiger partial charge in [-0.25, -0.2) is 4.79 Å². The van der Waals surface area contributed by atoms with Crippen LogP contribution in [0.4, 0.5) is 0 Å². The Balaban J connectivity index is 3.05. The molecule has 0 atom stereocenters. The van der Waals surface area contributed by atoms with E-state index in [1.807, 2.05) is 0 Å². The Morgan fingerprint density at radius 1 is 0.708 bits per heavy atom. The van der Waals surface area contributed by atoms with Crippen molar-refractivity contribution >= 4 is 18.6 Å². The highest BCUT2D eigenvalue weighted by Crippen LogP contribution is 2.13. The Hall–Kier alpha value is -0.440. The maximum Gasteiger partial charge on any atom is 0.343 e. The van der Waals surface area contributed by atoms with Gasteiger partial charge in [-0.1, -0.05) is 110 Å². The van der Waals surface area contributed by atoms with E-state index in [1.165, 1.54) is 89.9 Å². The van der Waals surface area contributed by atoms with Crippen LogP contribution in [0, 0.1) is 0 Å². The highest BCUT2D eigenvalue weighted by atomic mass is 32.1. The van der Waals surface area contributed by atoms with Crippen LogP contribution in [0.3, 0.4) is 0 Å². The standard InChI is InChI=1S/C21H40O2S/c1-3-4-5-6-7-8-9-10-11-12-13-14-15-16-17-18-19-23-21(22)20(2)24/h24H,2-19H2,1H3. The largest absolute Gasteiger partial charge is 0.462 e. The number of ether oxygens (including phenoxy) is 1. The Labute approximate surface area is 156 Å². The summed E-state index contributed by atoms with van der Waals surface area (Å²) in [5.41, 5.74) is 0. The SMILES string of the molecule is C=C(S)C(=O)OCCCCCCCCCCCCCCCCCC. The zero-order valence-corrected chi connectivity index (χ0v) is 16.9. The first-order chi connectivity index (χ1) is 11.7. The molecule has 0 aromatic carbocycles. The molecule has 0 aliphatic rings. The van der Waals surface area contributed by atoms with Gasteiger partial charge < -0.3 is 4.74 Å². The predicted octanol–water partition coefficient (Wildman–Crippen LogP) is 7.23. The van der Waals surface area contributed by atoms with E-state index in [4.69, 9.17) is 4.74 Å². The fourth-order valence-corrected chi connectivity index (χ4v) is 2.96. The average molecular weight is 357 g/mol. The third-order valence-electron chi connectivity index (χ3n) is 4.47. The van der Waals surface area contributed by atoms with Crippen molar-refractivity contribution in [2.75, 3.05) is 6.61 Å². The summed E-state index contributed by atoms with van der Waals surface area (Å²) in [6.07, 6.45) is 21.6. The molecule has 3 heteroatoms. The molecule has 142 valence electrons. The summed E-state index contributed by atoms with van der Waals surface area (Å²) in [7, 11) is 0. The van der Waals surface area contributed by atoms with Crippen LogP contribution in [0.1, 0.15) is 110 Å². The van der Waals surface area contributed by atoms with E-state index in [-0.39, 0.29) is 10.9 Å². The fraction of sp³-hybridized carbons (Fsp3) is 0.857. The number of carbonyl (C=O) groups is 1. The topological polar surface area (TPSA) is 26.3 Å². The minimum Gasteiger partial charge on any atom is -0.462 e. The molecule has 24 heavy (non-hydrogen) atoms. The summed E-state index contributed by atoms with van der Waals surface area (Å²) in [5.74, 6) is -0.390. The van der Waals surface area contributed by atoms with Gasteiger partial charge in [-0.05, 0) is 6.42 Å². The van der Waals surface area contributed by atoms with Gasteiger partial charge in [-0.3, -0.25) is 0 Å².